The summed E-state index contributed by atoms with van der Waals surface area (Å²) in [5.41, 5.74) is 16.7. The molecule has 0 bridgehead atoms. The van der Waals surface area contributed by atoms with Crippen molar-refractivity contribution in [2.24, 2.45) is 22.8 Å². The number of halogens is 1. The number of rotatable bonds is 13. The summed E-state index contributed by atoms with van der Waals surface area (Å²) in [7, 11) is 0. The molecule has 1 saturated carbocycles. The Morgan fingerprint density at radius 2 is 1.75 bits per heavy atom. The summed E-state index contributed by atoms with van der Waals surface area (Å²) in [5.74, 6) is -0.137. The van der Waals surface area contributed by atoms with Gasteiger partial charge in [0, 0.05) is 31.2 Å². The third-order valence-corrected chi connectivity index (χ3v) is 10.3. The van der Waals surface area contributed by atoms with Gasteiger partial charge < -0.3 is 26.6 Å². The van der Waals surface area contributed by atoms with Crippen LogP contribution < -0.4 is 16.8 Å². The molecule has 9 heteroatoms. The average molecular weight is 624 g/mol. The Bertz CT molecular complexity index is 1330. The number of nitrogens with one attached hydrogen (secondary N) is 1. The Hall–Kier alpha value is -2.94. The fraction of sp³-hybridized carbons (Fsp3) is 0.571. The molecule has 0 radical (unpaired) electrons. The van der Waals surface area contributed by atoms with Gasteiger partial charge in [-0.1, -0.05) is 76.0 Å². The molecule has 0 heterocycles. The Kier molecular flexibility index (Phi) is 11.1. The van der Waals surface area contributed by atoms with Crippen LogP contribution in [-0.2, 0) is 32.8 Å². The minimum Gasteiger partial charge on any atom is -0.368 e. The second-order valence-electron chi connectivity index (χ2n) is 13.6. The number of carbonyl (C=O) groups excluding carboxylic acids is 3. The fourth-order valence-corrected chi connectivity index (χ4v) is 7.85. The van der Waals surface area contributed by atoms with Gasteiger partial charge in [0.25, 0.3) is 0 Å². The average Bonchev–Trinajstić information content (AvgIpc) is 2.97. The molecule has 4 rings (SSSR count). The summed E-state index contributed by atoms with van der Waals surface area (Å²) < 4.78 is 0. The number of fused-ring (bicyclic) bond motifs is 3. The molecule has 0 saturated heterocycles. The van der Waals surface area contributed by atoms with E-state index in [9.17, 15) is 14.4 Å². The van der Waals surface area contributed by atoms with Crippen LogP contribution in [0.25, 0.3) is 0 Å². The molecule has 3 atom stereocenters. The first-order valence-corrected chi connectivity index (χ1v) is 16.4. The number of carbonyl (C=O) groups is 3. The van der Waals surface area contributed by atoms with E-state index in [1.54, 1.807) is 24.3 Å². The van der Waals surface area contributed by atoms with Crippen LogP contribution >= 0.6 is 11.6 Å². The van der Waals surface area contributed by atoms with Crippen LogP contribution in [0.5, 0.6) is 0 Å². The van der Waals surface area contributed by atoms with Gasteiger partial charge in [-0.3, -0.25) is 14.4 Å². The highest BCUT2D eigenvalue weighted by Gasteiger charge is 2.51. The van der Waals surface area contributed by atoms with Crippen molar-refractivity contribution < 1.29 is 14.4 Å². The first kappa shape index (κ1) is 33.9. The van der Waals surface area contributed by atoms with Crippen LogP contribution in [0.2, 0.25) is 5.02 Å². The van der Waals surface area contributed by atoms with Crippen LogP contribution in [0.1, 0.15) is 81.5 Å². The topological polar surface area (TPSA) is 122 Å². The maximum absolute atomic E-state index is 13.4. The molecule has 5 N–H and O–H groups in total. The van der Waals surface area contributed by atoms with Crippen molar-refractivity contribution in [1.82, 2.24) is 15.1 Å². The van der Waals surface area contributed by atoms with E-state index < -0.39 is 5.91 Å². The van der Waals surface area contributed by atoms with E-state index in [1.807, 2.05) is 0 Å². The van der Waals surface area contributed by atoms with E-state index in [0.29, 0.717) is 16.9 Å². The minimum atomic E-state index is -0.621. The molecule has 0 spiro atoms. The van der Waals surface area contributed by atoms with Gasteiger partial charge in [0.1, 0.15) is 0 Å². The van der Waals surface area contributed by atoms with Crippen molar-refractivity contribution in [2.45, 2.75) is 77.7 Å². The van der Waals surface area contributed by atoms with Gasteiger partial charge in [-0.2, -0.15) is 0 Å². The number of primary amides is 1. The third-order valence-electron chi connectivity index (χ3n) is 10.0. The van der Waals surface area contributed by atoms with Crippen LogP contribution in [-0.4, -0.2) is 66.8 Å². The molecule has 2 aliphatic rings. The number of nitrogens with zero attached hydrogens (tertiary/aromatic N) is 2. The summed E-state index contributed by atoms with van der Waals surface area (Å²) in [6.45, 7) is 10.4. The maximum Gasteiger partial charge on any atom is 0.242 e. The highest BCUT2D eigenvalue weighted by Crippen LogP contribution is 2.57. The molecular weight excluding hydrogens is 574 g/mol. The quantitative estimate of drug-likeness (QED) is 0.306. The van der Waals surface area contributed by atoms with Gasteiger partial charge in [0.2, 0.25) is 17.7 Å². The summed E-state index contributed by atoms with van der Waals surface area (Å²) in [4.78, 5) is 41.3. The zero-order chi connectivity index (χ0) is 32.1. The zero-order valence-electron chi connectivity index (χ0n) is 26.8. The summed E-state index contributed by atoms with van der Waals surface area (Å²) >= 11 is 5.99. The molecule has 8 nitrogen and oxygen atoms in total. The van der Waals surface area contributed by atoms with Crippen LogP contribution in [0, 0.1) is 11.3 Å². The molecular formula is C35H50ClN5O3. The molecule has 0 aliphatic heterocycles. The lowest BCUT2D eigenvalue weighted by molar-refractivity contribution is -0.141. The monoisotopic (exact) mass is 623 g/mol. The number of hydrogen-bond acceptors (Lipinski definition) is 5. The van der Waals surface area contributed by atoms with Crippen LogP contribution in [0.4, 0.5) is 0 Å². The number of benzene rings is 2. The Morgan fingerprint density at radius 1 is 1.02 bits per heavy atom. The van der Waals surface area contributed by atoms with Gasteiger partial charge >= 0.3 is 0 Å². The lowest BCUT2D eigenvalue weighted by Gasteiger charge is -2.55. The first-order valence-electron chi connectivity index (χ1n) is 16.0. The normalized spacial score (nSPS) is 22.7. The van der Waals surface area contributed by atoms with Gasteiger partial charge in [-0.15, -0.1) is 0 Å². The van der Waals surface area contributed by atoms with Crippen molar-refractivity contribution >= 4 is 29.3 Å². The summed E-state index contributed by atoms with van der Waals surface area (Å²) in [6.07, 6.45) is 5.70. The molecule has 240 valence electrons. The van der Waals surface area contributed by atoms with Crippen LogP contribution in [0.15, 0.2) is 42.5 Å². The largest absolute Gasteiger partial charge is 0.368 e. The number of aryl methyl sites for hydroxylation is 1. The maximum atomic E-state index is 13.4. The standard InChI is InChI=1S/C35H50ClN5O3/c1-24(2)26-8-12-29-27(18-26)9-13-30-34(3,14-5-15-35(29,30)4)23-39-19-32(43)40(17-16-37)22-33(44)41(21-31(38)42)20-25-6-10-28(36)11-7-25/h6-8,10-12,18,24,30,39H,5,9,13-17,19-23,37H2,1-4H3,(H2,38,42). The van der Waals surface area contributed by atoms with E-state index in [1.165, 1.54) is 32.9 Å². The number of hydrogen-bond donors (Lipinski definition) is 3. The predicted octanol–water partition coefficient (Wildman–Crippen LogP) is 4.36. The summed E-state index contributed by atoms with van der Waals surface area (Å²) in [5, 5.41) is 4.05. The van der Waals surface area contributed by atoms with Gasteiger partial charge in [-0.25, -0.2) is 0 Å². The number of amides is 3. The molecule has 3 amide bonds. The molecule has 2 aromatic rings. The van der Waals surface area contributed by atoms with Crippen molar-refractivity contribution in [1.29, 1.82) is 0 Å². The molecule has 44 heavy (non-hydrogen) atoms. The van der Waals surface area contributed by atoms with Gasteiger partial charge in [0.05, 0.1) is 19.6 Å². The molecule has 3 unspecified atom stereocenters. The second-order valence-corrected chi connectivity index (χ2v) is 14.1. The third kappa shape index (κ3) is 7.82. The Balaban J connectivity index is 1.39. The van der Waals surface area contributed by atoms with Crippen molar-refractivity contribution in [3.8, 4) is 0 Å². The molecule has 0 aromatic heterocycles. The highest BCUT2D eigenvalue weighted by atomic mass is 35.5. The minimum absolute atomic E-state index is 0.0487. The van der Waals surface area contributed by atoms with Gasteiger partial charge in [0.15, 0.2) is 0 Å². The van der Waals surface area contributed by atoms with E-state index in [0.717, 1.165) is 37.8 Å². The molecule has 1 fully saturated rings. The second kappa shape index (κ2) is 14.4. The van der Waals surface area contributed by atoms with Crippen molar-refractivity contribution in [3.05, 3.63) is 69.7 Å². The SMILES string of the molecule is CC(C)c1ccc2c(c1)CCC1C(C)(CNCC(=O)N(CCN)CC(=O)N(CC(N)=O)Cc3ccc(Cl)cc3)CCCC21C. The fourth-order valence-electron chi connectivity index (χ4n) is 7.72. The van der Waals surface area contributed by atoms with Crippen LogP contribution in [0.3, 0.4) is 0 Å². The lowest BCUT2D eigenvalue weighted by atomic mass is 9.49. The number of nitrogens with two attached hydrogens (primary N) is 2. The van der Waals surface area contributed by atoms with Crippen molar-refractivity contribution in [2.75, 3.05) is 39.3 Å². The molecule has 2 aromatic carbocycles. The highest BCUT2D eigenvalue weighted by molar-refractivity contribution is 6.30. The van der Waals surface area contributed by atoms with E-state index >= 15 is 0 Å². The van der Waals surface area contributed by atoms with E-state index in [-0.39, 0.29) is 61.9 Å². The Morgan fingerprint density at radius 3 is 2.41 bits per heavy atom. The Labute approximate surface area is 267 Å². The predicted molar refractivity (Wildman–Crippen MR) is 176 cm³/mol. The van der Waals surface area contributed by atoms with E-state index in [2.05, 4.69) is 51.2 Å². The lowest BCUT2D eigenvalue weighted by Crippen LogP contribution is -2.54. The zero-order valence-corrected chi connectivity index (χ0v) is 27.6. The smallest absolute Gasteiger partial charge is 0.242 e. The van der Waals surface area contributed by atoms with Gasteiger partial charge in [-0.05, 0) is 82.7 Å². The molecule has 2 aliphatic carbocycles. The van der Waals surface area contributed by atoms with Crippen molar-refractivity contribution in [3.63, 3.8) is 0 Å². The first-order chi connectivity index (χ1) is 20.9. The summed E-state index contributed by atoms with van der Waals surface area (Å²) in [6, 6.07) is 14.2. The van der Waals surface area contributed by atoms with E-state index in [4.69, 9.17) is 23.1 Å².